The Balaban J connectivity index is 1.89. The molecule has 1 heterocycles. The van der Waals surface area contributed by atoms with Crippen molar-refractivity contribution in [3.05, 3.63) is 30.2 Å². The molecule has 0 radical (unpaired) electrons. The van der Waals surface area contributed by atoms with E-state index < -0.39 is 0 Å². The van der Waals surface area contributed by atoms with Gasteiger partial charge in [0.05, 0.1) is 18.7 Å². The number of nitrogens with zero attached hydrogens (tertiary/aromatic N) is 2. The molecule has 0 N–H and O–H groups in total. The van der Waals surface area contributed by atoms with E-state index >= 15 is 0 Å². The van der Waals surface area contributed by atoms with E-state index in [1.165, 1.54) is 25.7 Å². The molecule has 2 aromatic rings. The van der Waals surface area contributed by atoms with Gasteiger partial charge in [-0.3, -0.25) is 0 Å². The quantitative estimate of drug-likeness (QED) is 0.412. The van der Waals surface area contributed by atoms with Crippen molar-refractivity contribution >= 4 is 10.9 Å². The van der Waals surface area contributed by atoms with Crippen molar-refractivity contribution in [3.8, 4) is 5.75 Å². The molecular formula is C20H30N2O3. The maximum absolute atomic E-state index is 5.85. The van der Waals surface area contributed by atoms with Gasteiger partial charge in [0.2, 0.25) is 0 Å². The summed E-state index contributed by atoms with van der Waals surface area (Å²) in [6.45, 7) is 5.87. The Kier molecular flexibility index (Phi) is 8.63. The van der Waals surface area contributed by atoms with E-state index in [9.17, 15) is 0 Å². The van der Waals surface area contributed by atoms with Crippen LogP contribution in [0.25, 0.3) is 10.9 Å². The highest BCUT2D eigenvalue weighted by molar-refractivity contribution is 5.79. The Morgan fingerprint density at radius 2 is 1.96 bits per heavy atom. The van der Waals surface area contributed by atoms with Crippen LogP contribution in [0.4, 0.5) is 0 Å². The first-order valence-electron chi connectivity index (χ1n) is 9.20. The Labute approximate surface area is 150 Å². The van der Waals surface area contributed by atoms with E-state index in [0.717, 1.165) is 35.5 Å². The molecule has 0 saturated heterocycles. The maximum atomic E-state index is 5.85. The molecule has 2 rings (SSSR count). The lowest BCUT2D eigenvalue weighted by Crippen LogP contribution is -2.09. The largest absolute Gasteiger partial charge is 0.494 e. The molecule has 1 aromatic heterocycles. The lowest BCUT2D eigenvalue weighted by Gasteiger charge is -2.11. The van der Waals surface area contributed by atoms with Gasteiger partial charge in [-0.2, -0.15) is 0 Å². The van der Waals surface area contributed by atoms with Crippen LogP contribution in [-0.4, -0.2) is 37.1 Å². The van der Waals surface area contributed by atoms with Gasteiger partial charge in [0.25, 0.3) is 0 Å². The van der Waals surface area contributed by atoms with Crippen LogP contribution >= 0.6 is 0 Å². The van der Waals surface area contributed by atoms with Gasteiger partial charge in [-0.25, -0.2) is 9.97 Å². The molecule has 0 amide bonds. The molecule has 1 atom stereocenters. The molecule has 0 spiro atoms. The smallest absolute Gasteiger partial charge is 0.146 e. The number of aromatic nitrogens is 2. The summed E-state index contributed by atoms with van der Waals surface area (Å²) >= 11 is 0. The lowest BCUT2D eigenvalue weighted by atomic mass is 10.1. The van der Waals surface area contributed by atoms with E-state index in [1.807, 2.05) is 31.3 Å². The summed E-state index contributed by atoms with van der Waals surface area (Å²) < 4.78 is 16.1. The van der Waals surface area contributed by atoms with Crippen LogP contribution in [-0.2, 0) is 9.47 Å². The zero-order chi connectivity index (χ0) is 17.9. The Hall–Kier alpha value is -1.72. The van der Waals surface area contributed by atoms with Crippen LogP contribution in [0.3, 0.4) is 0 Å². The molecule has 0 bridgehead atoms. The molecular weight excluding hydrogens is 316 g/mol. The average Bonchev–Trinajstić information content (AvgIpc) is 2.64. The lowest BCUT2D eigenvalue weighted by molar-refractivity contribution is -0.0348. The second-order valence-corrected chi connectivity index (χ2v) is 6.39. The summed E-state index contributed by atoms with van der Waals surface area (Å²) in [5, 5.41) is 0.997. The molecule has 5 heteroatoms. The van der Waals surface area contributed by atoms with Crippen molar-refractivity contribution < 1.29 is 14.2 Å². The molecule has 25 heavy (non-hydrogen) atoms. The Morgan fingerprint density at radius 3 is 2.76 bits per heavy atom. The third-order valence-corrected chi connectivity index (χ3v) is 4.10. The first-order chi connectivity index (χ1) is 12.2. The summed E-state index contributed by atoms with van der Waals surface area (Å²) in [4.78, 5) is 9.11. The van der Waals surface area contributed by atoms with Crippen molar-refractivity contribution in [1.29, 1.82) is 0 Å². The minimum Gasteiger partial charge on any atom is -0.494 e. The van der Waals surface area contributed by atoms with E-state index in [0.29, 0.717) is 6.61 Å². The average molecular weight is 346 g/mol. The van der Waals surface area contributed by atoms with Crippen LogP contribution in [0.1, 0.15) is 57.7 Å². The van der Waals surface area contributed by atoms with E-state index in [4.69, 9.17) is 14.2 Å². The normalized spacial score (nSPS) is 12.4. The van der Waals surface area contributed by atoms with Crippen LogP contribution in [0.2, 0.25) is 0 Å². The number of ether oxygens (including phenoxy) is 3. The molecule has 0 saturated carbocycles. The van der Waals surface area contributed by atoms with E-state index in [2.05, 4.69) is 16.9 Å². The molecule has 1 aromatic carbocycles. The van der Waals surface area contributed by atoms with Gasteiger partial charge >= 0.3 is 0 Å². The number of unbranched alkanes of at least 4 members (excludes halogenated alkanes) is 4. The summed E-state index contributed by atoms with van der Waals surface area (Å²) in [5.74, 6) is 1.79. The second kappa shape index (κ2) is 11.0. The van der Waals surface area contributed by atoms with Gasteiger partial charge in [-0.05, 0) is 24.6 Å². The van der Waals surface area contributed by atoms with Crippen molar-refractivity contribution in [1.82, 2.24) is 9.97 Å². The summed E-state index contributed by atoms with van der Waals surface area (Å²) in [6, 6.07) is 5.99. The molecule has 0 unspecified atom stereocenters. The fraction of sp³-hybridized carbons (Fsp3) is 0.600. The summed E-state index contributed by atoms with van der Waals surface area (Å²) in [7, 11) is 1.61. The zero-order valence-electron chi connectivity index (χ0n) is 15.7. The van der Waals surface area contributed by atoms with E-state index in [1.54, 1.807) is 7.11 Å². The second-order valence-electron chi connectivity index (χ2n) is 6.39. The summed E-state index contributed by atoms with van der Waals surface area (Å²) in [5.41, 5.74) is 0.930. The number of benzene rings is 1. The number of hydrogen-bond acceptors (Lipinski definition) is 5. The first kappa shape index (κ1) is 19.6. The third-order valence-electron chi connectivity index (χ3n) is 4.10. The molecule has 0 aliphatic heterocycles. The van der Waals surface area contributed by atoms with Crippen molar-refractivity contribution in [2.24, 2.45) is 0 Å². The van der Waals surface area contributed by atoms with Gasteiger partial charge in [0.15, 0.2) is 0 Å². The highest BCUT2D eigenvalue weighted by atomic mass is 16.7. The molecule has 0 aliphatic carbocycles. The maximum Gasteiger partial charge on any atom is 0.146 e. The summed E-state index contributed by atoms with van der Waals surface area (Å²) in [6.07, 6.45) is 8.07. The molecule has 138 valence electrons. The molecule has 5 nitrogen and oxygen atoms in total. The van der Waals surface area contributed by atoms with Gasteiger partial charge < -0.3 is 14.2 Å². The SMILES string of the molecule is CCCCCCCOc1ccc2nc([C@H](C)COCOC)ncc2c1. The van der Waals surface area contributed by atoms with Crippen molar-refractivity contribution in [2.45, 2.75) is 51.9 Å². The van der Waals surface area contributed by atoms with Gasteiger partial charge in [0.1, 0.15) is 18.4 Å². The van der Waals surface area contributed by atoms with Crippen LogP contribution in [0, 0.1) is 0 Å². The number of hydrogen-bond donors (Lipinski definition) is 0. The van der Waals surface area contributed by atoms with E-state index in [-0.39, 0.29) is 12.7 Å². The Morgan fingerprint density at radius 1 is 1.12 bits per heavy atom. The van der Waals surface area contributed by atoms with Gasteiger partial charge in [-0.15, -0.1) is 0 Å². The minimum absolute atomic E-state index is 0.124. The number of rotatable bonds is 12. The predicted molar refractivity (Wildman–Crippen MR) is 100 cm³/mol. The molecule has 0 aliphatic rings. The minimum atomic E-state index is 0.124. The first-order valence-corrected chi connectivity index (χ1v) is 9.20. The third kappa shape index (κ3) is 6.59. The van der Waals surface area contributed by atoms with Crippen molar-refractivity contribution in [3.63, 3.8) is 0 Å². The van der Waals surface area contributed by atoms with Crippen molar-refractivity contribution in [2.75, 3.05) is 27.1 Å². The number of fused-ring (bicyclic) bond motifs is 1. The Bertz CT molecular complexity index is 633. The fourth-order valence-corrected chi connectivity index (χ4v) is 2.63. The monoisotopic (exact) mass is 346 g/mol. The standard InChI is InChI=1S/C20H30N2O3/c1-4-5-6-7-8-11-25-18-9-10-19-17(12-18)13-21-20(22-19)16(2)14-24-15-23-3/h9-10,12-13,16H,4-8,11,14-15H2,1-3H3/t16-/m1/s1. The predicted octanol–water partition coefficient (Wildman–Crippen LogP) is 4.70. The highest BCUT2D eigenvalue weighted by Crippen LogP contribution is 2.21. The zero-order valence-corrected chi connectivity index (χ0v) is 15.7. The highest BCUT2D eigenvalue weighted by Gasteiger charge is 2.10. The van der Waals surface area contributed by atoms with Gasteiger partial charge in [-0.1, -0.05) is 39.5 Å². The topological polar surface area (TPSA) is 53.5 Å². The van der Waals surface area contributed by atoms with Crippen LogP contribution < -0.4 is 4.74 Å². The van der Waals surface area contributed by atoms with Crippen LogP contribution in [0.15, 0.2) is 24.4 Å². The molecule has 0 fully saturated rings. The van der Waals surface area contributed by atoms with Crippen LogP contribution in [0.5, 0.6) is 5.75 Å². The number of methoxy groups -OCH3 is 1. The fourth-order valence-electron chi connectivity index (χ4n) is 2.63. The van der Waals surface area contributed by atoms with Gasteiger partial charge in [0, 0.05) is 24.6 Å².